The highest BCUT2D eigenvalue weighted by molar-refractivity contribution is 14.0. The minimum absolute atomic E-state index is 0. The quantitative estimate of drug-likeness (QED) is 0.241. The van der Waals surface area contributed by atoms with Crippen molar-refractivity contribution in [2.45, 2.75) is 64.8 Å². The molecule has 0 aromatic rings. The fourth-order valence-electron chi connectivity index (χ4n) is 2.77. The zero-order valence-corrected chi connectivity index (χ0v) is 18.0. The number of hydrogen-bond acceptors (Lipinski definition) is 3. The van der Waals surface area contributed by atoms with Gasteiger partial charge in [0.15, 0.2) is 15.8 Å². The summed E-state index contributed by atoms with van der Waals surface area (Å²) >= 11 is 0. The first-order chi connectivity index (χ1) is 10.5. The molecule has 0 amide bonds. The van der Waals surface area contributed by atoms with Crippen molar-refractivity contribution in [2.24, 2.45) is 10.9 Å². The molecular weight excluding hydrogens is 425 g/mol. The molecule has 138 valence electrons. The molecule has 1 aliphatic heterocycles. The lowest BCUT2D eigenvalue weighted by atomic mass is 10.0. The Bertz CT molecular complexity index is 441. The molecule has 2 atom stereocenters. The third-order valence-electron chi connectivity index (χ3n) is 4.22. The molecule has 23 heavy (non-hydrogen) atoms. The predicted molar refractivity (Wildman–Crippen MR) is 110 cm³/mol. The summed E-state index contributed by atoms with van der Waals surface area (Å²) in [5.41, 5.74) is 0. The first-order valence-electron chi connectivity index (χ1n) is 8.64. The number of sulfone groups is 1. The van der Waals surface area contributed by atoms with E-state index in [4.69, 9.17) is 0 Å². The van der Waals surface area contributed by atoms with Gasteiger partial charge in [-0.2, -0.15) is 0 Å². The van der Waals surface area contributed by atoms with Crippen LogP contribution in [0.2, 0.25) is 0 Å². The highest BCUT2D eigenvalue weighted by atomic mass is 127. The first kappa shape index (κ1) is 22.9. The molecule has 1 aliphatic rings. The molecule has 2 N–H and O–H groups in total. The molecule has 1 heterocycles. The van der Waals surface area contributed by atoms with Gasteiger partial charge in [0.2, 0.25) is 0 Å². The Kier molecular flexibility index (Phi) is 12.3. The Morgan fingerprint density at radius 1 is 1.26 bits per heavy atom. The van der Waals surface area contributed by atoms with Crippen LogP contribution in [0.3, 0.4) is 0 Å². The van der Waals surface area contributed by atoms with Crippen LogP contribution >= 0.6 is 24.0 Å². The Hall–Kier alpha value is -0.0500. The van der Waals surface area contributed by atoms with Gasteiger partial charge in [-0.1, -0.05) is 46.0 Å². The van der Waals surface area contributed by atoms with Crippen LogP contribution in [0.4, 0.5) is 0 Å². The SMILES string of the molecule is CCCCCCCC(C)CNC(=NC)NC1CCS(=O)(=O)C1.I. The van der Waals surface area contributed by atoms with E-state index in [1.807, 2.05) is 0 Å². The largest absolute Gasteiger partial charge is 0.356 e. The van der Waals surface area contributed by atoms with E-state index < -0.39 is 9.84 Å². The maximum atomic E-state index is 11.5. The molecule has 0 spiro atoms. The summed E-state index contributed by atoms with van der Waals surface area (Å²) in [7, 11) is -1.12. The van der Waals surface area contributed by atoms with Crippen LogP contribution in [0, 0.1) is 5.92 Å². The van der Waals surface area contributed by atoms with Gasteiger partial charge in [0.05, 0.1) is 11.5 Å². The standard InChI is InChI=1S/C16H33N3O2S.HI/c1-4-5-6-7-8-9-14(2)12-18-16(17-3)19-15-10-11-22(20,21)13-15;/h14-15H,4-13H2,1-3H3,(H2,17,18,19);1H. The summed E-state index contributed by atoms with van der Waals surface area (Å²) in [6.45, 7) is 5.37. The fourth-order valence-corrected chi connectivity index (χ4v) is 4.44. The second-order valence-corrected chi connectivity index (χ2v) is 8.73. The van der Waals surface area contributed by atoms with Gasteiger partial charge in [-0.25, -0.2) is 8.42 Å². The molecule has 1 fully saturated rings. The highest BCUT2D eigenvalue weighted by Gasteiger charge is 2.28. The predicted octanol–water partition coefficient (Wildman–Crippen LogP) is 2.95. The van der Waals surface area contributed by atoms with E-state index in [0.717, 1.165) is 12.5 Å². The number of halogens is 1. The van der Waals surface area contributed by atoms with Crippen molar-refractivity contribution in [1.29, 1.82) is 0 Å². The van der Waals surface area contributed by atoms with Crippen LogP contribution < -0.4 is 10.6 Å². The molecule has 0 bridgehead atoms. The van der Waals surface area contributed by atoms with Crippen LogP contribution in [0.25, 0.3) is 0 Å². The Balaban J connectivity index is 0.00000484. The molecule has 0 saturated carbocycles. The van der Waals surface area contributed by atoms with Crippen molar-refractivity contribution in [2.75, 3.05) is 25.1 Å². The monoisotopic (exact) mass is 459 g/mol. The van der Waals surface area contributed by atoms with Gasteiger partial charge in [0, 0.05) is 19.6 Å². The van der Waals surface area contributed by atoms with Crippen LogP contribution in [0.5, 0.6) is 0 Å². The van der Waals surface area contributed by atoms with E-state index in [-0.39, 0.29) is 41.5 Å². The van der Waals surface area contributed by atoms with Gasteiger partial charge >= 0.3 is 0 Å². The zero-order valence-electron chi connectivity index (χ0n) is 14.8. The van der Waals surface area contributed by atoms with E-state index in [9.17, 15) is 8.42 Å². The van der Waals surface area contributed by atoms with Crippen molar-refractivity contribution >= 4 is 39.8 Å². The summed E-state index contributed by atoms with van der Waals surface area (Å²) in [6.07, 6.45) is 8.49. The zero-order chi connectivity index (χ0) is 16.4. The number of guanidine groups is 1. The van der Waals surface area contributed by atoms with Gasteiger partial charge < -0.3 is 10.6 Å². The molecule has 2 unspecified atom stereocenters. The Morgan fingerprint density at radius 3 is 2.52 bits per heavy atom. The normalized spacial score (nSPS) is 21.5. The average Bonchev–Trinajstić information content (AvgIpc) is 2.82. The minimum atomic E-state index is -2.85. The van der Waals surface area contributed by atoms with E-state index in [2.05, 4.69) is 29.5 Å². The summed E-state index contributed by atoms with van der Waals surface area (Å²) in [5.74, 6) is 1.84. The number of rotatable bonds is 9. The number of hydrogen-bond donors (Lipinski definition) is 2. The van der Waals surface area contributed by atoms with Crippen LogP contribution in [0.1, 0.15) is 58.8 Å². The molecule has 1 rings (SSSR count). The van der Waals surface area contributed by atoms with Crippen molar-refractivity contribution in [3.63, 3.8) is 0 Å². The molecular formula is C16H34IN3O2S. The number of aliphatic imine (C=N–C) groups is 1. The van der Waals surface area contributed by atoms with Gasteiger partial charge in [-0.15, -0.1) is 24.0 Å². The number of nitrogens with zero attached hydrogens (tertiary/aromatic N) is 1. The van der Waals surface area contributed by atoms with Gasteiger partial charge in [-0.05, 0) is 18.8 Å². The summed E-state index contributed by atoms with van der Waals surface area (Å²) in [5, 5.41) is 6.54. The minimum Gasteiger partial charge on any atom is -0.356 e. The second kappa shape index (κ2) is 12.3. The smallest absolute Gasteiger partial charge is 0.191 e. The van der Waals surface area contributed by atoms with Crippen LogP contribution in [-0.2, 0) is 9.84 Å². The fraction of sp³-hybridized carbons (Fsp3) is 0.938. The Morgan fingerprint density at radius 2 is 1.96 bits per heavy atom. The first-order valence-corrected chi connectivity index (χ1v) is 10.5. The number of unbranched alkanes of at least 4 members (excludes halogenated alkanes) is 4. The van der Waals surface area contributed by atoms with E-state index in [1.54, 1.807) is 7.05 Å². The second-order valence-electron chi connectivity index (χ2n) is 6.51. The van der Waals surface area contributed by atoms with Gasteiger partial charge in [0.1, 0.15) is 0 Å². The van der Waals surface area contributed by atoms with Crippen LogP contribution in [-0.4, -0.2) is 45.5 Å². The van der Waals surface area contributed by atoms with Gasteiger partial charge in [-0.3, -0.25) is 4.99 Å². The van der Waals surface area contributed by atoms with Crippen molar-refractivity contribution in [1.82, 2.24) is 10.6 Å². The molecule has 0 aromatic carbocycles. The maximum absolute atomic E-state index is 11.5. The summed E-state index contributed by atoms with van der Waals surface area (Å²) < 4.78 is 22.9. The van der Waals surface area contributed by atoms with E-state index in [0.29, 0.717) is 12.3 Å². The van der Waals surface area contributed by atoms with Crippen LogP contribution in [0.15, 0.2) is 4.99 Å². The summed E-state index contributed by atoms with van der Waals surface area (Å²) in [4.78, 5) is 4.19. The molecule has 7 heteroatoms. The Labute approximate surface area is 159 Å². The van der Waals surface area contributed by atoms with Crippen molar-refractivity contribution < 1.29 is 8.42 Å². The molecule has 1 saturated heterocycles. The third kappa shape index (κ3) is 10.4. The van der Waals surface area contributed by atoms with E-state index in [1.165, 1.54) is 38.5 Å². The van der Waals surface area contributed by atoms with Gasteiger partial charge in [0.25, 0.3) is 0 Å². The van der Waals surface area contributed by atoms with Crippen molar-refractivity contribution in [3.8, 4) is 0 Å². The maximum Gasteiger partial charge on any atom is 0.191 e. The number of nitrogens with one attached hydrogen (secondary N) is 2. The van der Waals surface area contributed by atoms with E-state index >= 15 is 0 Å². The lowest BCUT2D eigenvalue weighted by molar-refractivity contribution is 0.475. The summed E-state index contributed by atoms with van der Waals surface area (Å²) in [6, 6.07) is 0.000509. The topological polar surface area (TPSA) is 70.6 Å². The van der Waals surface area contributed by atoms with Crippen molar-refractivity contribution in [3.05, 3.63) is 0 Å². The molecule has 0 radical (unpaired) electrons. The third-order valence-corrected chi connectivity index (χ3v) is 5.98. The lowest BCUT2D eigenvalue weighted by Gasteiger charge is -2.18. The highest BCUT2D eigenvalue weighted by Crippen LogP contribution is 2.12. The molecule has 0 aliphatic carbocycles. The molecule has 0 aromatic heterocycles. The average molecular weight is 459 g/mol. The lowest BCUT2D eigenvalue weighted by Crippen LogP contribution is -2.45. The molecule has 5 nitrogen and oxygen atoms in total.